The SMILES string of the molecule is Cc1ccc(N2C(=O)[C@H]3[C@H](CC(C)C)N[C@@]4(c5ccccc5-n5c4nc4ccccc4c5=O)[C@H]3C2=O)cc1C. The third-order valence-electron chi connectivity index (χ3n) is 8.84. The van der Waals surface area contributed by atoms with Crippen molar-refractivity contribution in [2.24, 2.45) is 17.8 Å². The number of carbonyl (C=O) groups excluding carboxylic acids is 2. The molecule has 39 heavy (non-hydrogen) atoms. The third-order valence-corrected chi connectivity index (χ3v) is 8.84. The molecule has 196 valence electrons. The van der Waals surface area contributed by atoms with Crippen LogP contribution >= 0.6 is 0 Å². The number of hydrogen-bond donors (Lipinski definition) is 1. The standard InChI is InChI=1S/C32H30N4O3/c1-17(2)15-24-26-27(30(39)35(29(26)38)20-14-13-18(3)19(4)16-20)32(34-24)22-10-6-8-12-25(22)36-28(37)21-9-5-7-11-23(21)33-31(32)36/h5-14,16-17,24,26-27,34H,15H2,1-4H3/t24-,26-,27+,32-/m0/s1. The van der Waals surface area contributed by atoms with Gasteiger partial charge >= 0.3 is 0 Å². The summed E-state index contributed by atoms with van der Waals surface area (Å²) in [6.45, 7) is 8.24. The smallest absolute Gasteiger partial charge is 0.266 e. The molecule has 4 aromatic rings. The summed E-state index contributed by atoms with van der Waals surface area (Å²) in [6, 6.07) is 20.4. The molecule has 4 heterocycles. The molecule has 3 aromatic carbocycles. The summed E-state index contributed by atoms with van der Waals surface area (Å²) in [4.78, 5) is 49.0. The molecule has 2 fully saturated rings. The van der Waals surface area contributed by atoms with E-state index in [1.165, 1.54) is 4.90 Å². The van der Waals surface area contributed by atoms with Crippen LogP contribution in [0.1, 0.15) is 42.8 Å². The molecule has 3 aliphatic rings. The van der Waals surface area contributed by atoms with Gasteiger partial charge < -0.3 is 0 Å². The van der Waals surface area contributed by atoms with Gasteiger partial charge in [0.25, 0.3) is 5.56 Å². The van der Waals surface area contributed by atoms with Crippen molar-refractivity contribution in [2.45, 2.75) is 45.7 Å². The van der Waals surface area contributed by atoms with Crippen molar-refractivity contribution in [1.29, 1.82) is 0 Å². The van der Waals surface area contributed by atoms with Crippen LogP contribution in [0.3, 0.4) is 0 Å². The third kappa shape index (κ3) is 3.08. The van der Waals surface area contributed by atoms with E-state index in [1.54, 1.807) is 10.6 Å². The first-order chi connectivity index (χ1) is 18.7. The van der Waals surface area contributed by atoms with Crippen molar-refractivity contribution in [3.05, 3.63) is 99.6 Å². The lowest BCUT2D eigenvalue weighted by Gasteiger charge is -2.32. The molecule has 3 aliphatic heterocycles. The second kappa shape index (κ2) is 8.20. The minimum Gasteiger partial charge on any atom is -0.297 e. The zero-order chi connectivity index (χ0) is 27.2. The molecule has 0 bridgehead atoms. The fraction of sp³-hybridized carbons (Fsp3) is 0.312. The molecule has 1 N–H and O–H groups in total. The highest BCUT2D eigenvalue weighted by atomic mass is 16.2. The molecule has 7 nitrogen and oxygen atoms in total. The number of imide groups is 1. The van der Waals surface area contributed by atoms with Crippen LogP contribution in [-0.4, -0.2) is 27.4 Å². The fourth-order valence-electron chi connectivity index (χ4n) is 7.05. The highest BCUT2D eigenvalue weighted by Gasteiger charge is 2.69. The van der Waals surface area contributed by atoms with Gasteiger partial charge in [-0.2, -0.15) is 0 Å². The zero-order valence-corrected chi connectivity index (χ0v) is 22.4. The van der Waals surface area contributed by atoms with E-state index < -0.39 is 17.4 Å². The normalized spacial score (nSPS) is 25.2. The van der Waals surface area contributed by atoms with E-state index in [2.05, 4.69) is 19.2 Å². The molecule has 7 heteroatoms. The van der Waals surface area contributed by atoms with Crippen molar-refractivity contribution in [2.75, 3.05) is 4.90 Å². The van der Waals surface area contributed by atoms with Crippen molar-refractivity contribution < 1.29 is 9.59 Å². The zero-order valence-electron chi connectivity index (χ0n) is 22.4. The van der Waals surface area contributed by atoms with Crippen molar-refractivity contribution in [3.63, 3.8) is 0 Å². The van der Waals surface area contributed by atoms with Gasteiger partial charge in [-0.15, -0.1) is 0 Å². The molecule has 1 spiro atoms. The molecule has 2 saturated heterocycles. The van der Waals surface area contributed by atoms with Crippen LogP contribution in [0.15, 0.2) is 71.5 Å². The summed E-state index contributed by atoms with van der Waals surface area (Å²) in [5.74, 6) is -0.986. The van der Waals surface area contributed by atoms with E-state index in [0.29, 0.717) is 40.4 Å². The van der Waals surface area contributed by atoms with Gasteiger partial charge in [0.2, 0.25) is 11.8 Å². The molecule has 0 saturated carbocycles. The Kier molecular flexibility index (Phi) is 5.04. The van der Waals surface area contributed by atoms with E-state index in [4.69, 9.17) is 4.98 Å². The van der Waals surface area contributed by atoms with E-state index in [9.17, 15) is 14.4 Å². The summed E-state index contributed by atoms with van der Waals surface area (Å²) in [5, 5.41) is 4.29. The first-order valence-corrected chi connectivity index (χ1v) is 13.6. The highest BCUT2D eigenvalue weighted by Crippen LogP contribution is 2.56. The minimum absolute atomic E-state index is 0.173. The summed E-state index contributed by atoms with van der Waals surface area (Å²) in [6.07, 6.45) is 0.711. The number of aromatic nitrogens is 2. The Morgan fingerprint density at radius 3 is 2.44 bits per heavy atom. The Bertz CT molecular complexity index is 1770. The Morgan fingerprint density at radius 2 is 1.67 bits per heavy atom. The summed E-state index contributed by atoms with van der Waals surface area (Å²) in [7, 11) is 0. The van der Waals surface area contributed by atoms with Crippen LogP contribution in [0, 0.1) is 31.6 Å². The number of fused-ring (bicyclic) bond motifs is 8. The first kappa shape index (κ1) is 24.0. The van der Waals surface area contributed by atoms with Gasteiger partial charge in [0, 0.05) is 11.6 Å². The lowest BCUT2D eigenvalue weighted by atomic mass is 9.75. The Morgan fingerprint density at radius 1 is 0.923 bits per heavy atom. The monoisotopic (exact) mass is 518 g/mol. The number of hydrogen-bond acceptors (Lipinski definition) is 5. The van der Waals surface area contributed by atoms with E-state index in [1.807, 2.05) is 74.5 Å². The minimum atomic E-state index is -1.11. The predicted molar refractivity (Wildman–Crippen MR) is 150 cm³/mol. The topological polar surface area (TPSA) is 84.3 Å². The Hall–Kier alpha value is -4.10. The van der Waals surface area contributed by atoms with Crippen LogP contribution in [-0.2, 0) is 15.1 Å². The van der Waals surface area contributed by atoms with Crippen molar-refractivity contribution in [1.82, 2.24) is 14.9 Å². The Balaban J connectivity index is 1.51. The molecule has 0 radical (unpaired) electrons. The lowest BCUT2D eigenvalue weighted by molar-refractivity contribution is -0.123. The molecular formula is C32H30N4O3. The number of rotatable bonds is 3. The summed E-state index contributed by atoms with van der Waals surface area (Å²) >= 11 is 0. The number of aryl methyl sites for hydroxylation is 2. The van der Waals surface area contributed by atoms with E-state index in [-0.39, 0.29) is 23.4 Å². The number of para-hydroxylation sites is 2. The van der Waals surface area contributed by atoms with Crippen molar-refractivity contribution in [3.8, 4) is 5.69 Å². The predicted octanol–water partition coefficient (Wildman–Crippen LogP) is 4.38. The van der Waals surface area contributed by atoms with Crippen LogP contribution in [0.5, 0.6) is 0 Å². The van der Waals surface area contributed by atoms with Gasteiger partial charge in [0.1, 0.15) is 11.4 Å². The van der Waals surface area contributed by atoms with Gasteiger partial charge in [-0.1, -0.05) is 50.2 Å². The molecule has 7 rings (SSSR count). The molecule has 2 amide bonds. The number of amides is 2. The van der Waals surface area contributed by atoms with Crippen LogP contribution in [0.4, 0.5) is 5.69 Å². The van der Waals surface area contributed by atoms with Crippen LogP contribution in [0.25, 0.3) is 16.6 Å². The maximum absolute atomic E-state index is 14.5. The average Bonchev–Trinajstić information content (AvgIpc) is 3.49. The maximum Gasteiger partial charge on any atom is 0.266 e. The molecule has 4 atom stereocenters. The first-order valence-electron chi connectivity index (χ1n) is 13.6. The maximum atomic E-state index is 14.5. The second-order valence-electron chi connectivity index (χ2n) is 11.6. The van der Waals surface area contributed by atoms with Gasteiger partial charge in [-0.25, -0.2) is 9.88 Å². The lowest BCUT2D eigenvalue weighted by Crippen LogP contribution is -2.50. The van der Waals surface area contributed by atoms with E-state index >= 15 is 0 Å². The van der Waals surface area contributed by atoms with Gasteiger partial charge in [-0.3, -0.25) is 24.3 Å². The number of nitrogens with one attached hydrogen (secondary N) is 1. The number of benzene rings is 3. The average molecular weight is 519 g/mol. The van der Waals surface area contributed by atoms with Gasteiger partial charge in [-0.05, 0) is 67.6 Å². The van der Waals surface area contributed by atoms with Gasteiger partial charge in [0.05, 0.1) is 34.1 Å². The highest BCUT2D eigenvalue weighted by molar-refractivity contribution is 6.23. The second-order valence-corrected chi connectivity index (χ2v) is 11.6. The number of carbonyl (C=O) groups is 2. The van der Waals surface area contributed by atoms with Crippen molar-refractivity contribution >= 4 is 28.4 Å². The summed E-state index contributed by atoms with van der Waals surface area (Å²) in [5.41, 5.74) is 3.53. The molecular weight excluding hydrogens is 488 g/mol. The van der Waals surface area contributed by atoms with Gasteiger partial charge in [0.15, 0.2) is 0 Å². The van der Waals surface area contributed by atoms with Crippen LogP contribution < -0.4 is 15.8 Å². The van der Waals surface area contributed by atoms with E-state index in [0.717, 1.165) is 16.7 Å². The summed E-state index contributed by atoms with van der Waals surface area (Å²) < 4.78 is 1.65. The quantitative estimate of drug-likeness (QED) is 0.407. The molecule has 0 aliphatic carbocycles. The van der Waals surface area contributed by atoms with Crippen LogP contribution in [0.2, 0.25) is 0 Å². The number of anilines is 1. The molecule has 0 unspecified atom stereocenters. The fourth-order valence-corrected chi connectivity index (χ4v) is 7.05. The largest absolute Gasteiger partial charge is 0.297 e. The number of nitrogens with zero attached hydrogens (tertiary/aromatic N) is 3. The molecule has 1 aromatic heterocycles. The Labute approximate surface area is 226 Å².